The van der Waals surface area contributed by atoms with E-state index >= 15 is 0 Å². The van der Waals surface area contributed by atoms with Crippen molar-refractivity contribution in [3.05, 3.63) is 35.4 Å². The van der Waals surface area contributed by atoms with Crippen LogP contribution in [-0.2, 0) is 14.3 Å². The second-order valence-electron chi connectivity index (χ2n) is 7.44. The van der Waals surface area contributed by atoms with Crippen LogP contribution in [0.2, 0.25) is 0 Å². The number of methoxy groups -OCH3 is 1. The first-order chi connectivity index (χ1) is 11.6. The van der Waals surface area contributed by atoms with E-state index in [2.05, 4.69) is 0 Å². The molecule has 1 spiro atoms. The molecule has 0 bridgehead atoms. The molecule has 0 unspecified atom stereocenters. The molecular weight excluding hydrogens is 304 g/mol. The van der Waals surface area contributed by atoms with Gasteiger partial charge < -0.3 is 14.2 Å². The zero-order chi connectivity index (χ0) is 16.8. The predicted molar refractivity (Wildman–Crippen MR) is 90.5 cm³/mol. The molecule has 2 fully saturated rings. The van der Waals surface area contributed by atoms with Crippen LogP contribution >= 0.6 is 0 Å². The van der Waals surface area contributed by atoms with E-state index in [9.17, 15) is 4.79 Å². The monoisotopic (exact) mass is 328 g/mol. The van der Waals surface area contributed by atoms with E-state index in [0.717, 1.165) is 23.3 Å². The SMILES string of the molecule is COc1ccc(C2=C3CC4(CCCCC4)CO[C@@]3(C)OC2=O)cc1. The van der Waals surface area contributed by atoms with Crippen molar-refractivity contribution in [2.75, 3.05) is 13.7 Å². The third-order valence-electron chi connectivity index (χ3n) is 5.84. The molecule has 1 aromatic rings. The minimum Gasteiger partial charge on any atom is -0.497 e. The molecule has 4 rings (SSSR count). The van der Waals surface area contributed by atoms with Crippen LogP contribution in [0.3, 0.4) is 0 Å². The van der Waals surface area contributed by atoms with E-state index in [1.165, 1.54) is 32.1 Å². The maximum absolute atomic E-state index is 12.6. The minimum absolute atomic E-state index is 0.179. The Balaban J connectivity index is 1.75. The van der Waals surface area contributed by atoms with Gasteiger partial charge in [-0.3, -0.25) is 0 Å². The van der Waals surface area contributed by atoms with E-state index in [-0.39, 0.29) is 11.4 Å². The molecular formula is C20H24O4. The van der Waals surface area contributed by atoms with Crippen molar-refractivity contribution < 1.29 is 19.0 Å². The Kier molecular flexibility index (Phi) is 3.68. The molecule has 4 heteroatoms. The maximum Gasteiger partial charge on any atom is 0.341 e. The summed E-state index contributed by atoms with van der Waals surface area (Å²) in [5, 5.41) is 0. The Morgan fingerprint density at radius 2 is 1.79 bits per heavy atom. The summed E-state index contributed by atoms with van der Waals surface area (Å²) in [4.78, 5) is 12.6. The standard InChI is InChI=1S/C20H24O4/c1-19-16(12-20(13-23-19)10-4-3-5-11-20)17(18(21)24-19)14-6-8-15(22-2)9-7-14/h6-9H,3-5,10-13H2,1-2H3/t19-/m0/s1. The quantitative estimate of drug-likeness (QED) is 0.767. The van der Waals surface area contributed by atoms with Gasteiger partial charge in [0.2, 0.25) is 5.79 Å². The molecule has 0 aromatic heterocycles. The number of hydrogen-bond donors (Lipinski definition) is 0. The third kappa shape index (κ3) is 2.44. The second-order valence-corrected chi connectivity index (χ2v) is 7.44. The van der Waals surface area contributed by atoms with Gasteiger partial charge in [0.15, 0.2) is 0 Å². The zero-order valence-corrected chi connectivity index (χ0v) is 14.4. The number of rotatable bonds is 2. The molecule has 1 saturated carbocycles. The lowest BCUT2D eigenvalue weighted by Crippen LogP contribution is -2.45. The number of carbonyl (C=O) groups is 1. The van der Waals surface area contributed by atoms with Crippen LogP contribution < -0.4 is 4.74 Å². The van der Waals surface area contributed by atoms with Crippen molar-refractivity contribution >= 4 is 11.5 Å². The van der Waals surface area contributed by atoms with Gasteiger partial charge in [0.25, 0.3) is 0 Å². The summed E-state index contributed by atoms with van der Waals surface area (Å²) >= 11 is 0. The van der Waals surface area contributed by atoms with Crippen molar-refractivity contribution in [2.24, 2.45) is 5.41 Å². The Bertz CT molecular complexity index is 682. The van der Waals surface area contributed by atoms with Crippen molar-refractivity contribution in [2.45, 2.75) is 51.2 Å². The molecule has 2 heterocycles. The molecule has 0 radical (unpaired) electrons. The lowest BCUT2D eigenvalue weighted by Gasteiger charge is -2.45. The van der Waals surface area contributed by atoms with Crippen LogP contribution in [0.5, 0.6) is 5.75 Å². The molecule has 0 amide bonds. The smallest absolute Gasteiger partial charge is 0.341 e. The Morgan fingerprint density at radius 1 is 1.08 bits per heavy atom. The number of ether oxygens (including phenoxy) is 3. The number of benzene rings is 1. The summed E-state index contributed by atoms with van der Waals surface area (Å²) in [5.74, 6) is -0.387. The van der Waals surface area contributed by atoms with E-state index in [1.807, 2.05) is 31.2 Å². The second kappa shape index (κ2) is 5.62. The lowest BCUT2D eigenvalue weighted by molar-refractivity contribution is -0.221. The molecule has 4 nitrogen and oxygen atoms in total. The third-order valence-corrected chi connectivity index (χ3v) is 5.84. The van der Waals surface area contributed by atoms with Crippen molar-refractivity contribution in [1.29, 1.82) is 0 Å². The fourth-order valence-corrected chi connectivity index (χ4v) is 4.39. The van der Waals surface area contributed by atoms with Gasteiger partial charge in [-0.15, -0.1) is 0 Å². The van der Waals surface area contributed by atoms with Crippen LogP contribution in [0, 0.1) is 5.41 Å². The summed E-state index contributed by atoms with van der Waals surface area (Å²) in [5.41, 5.74) is 2.77. The van der Waals surface area contributed by atoms with Gasteiger partial charge in [-0.2, -0.15) is 0 Å². The van der Waals surface area contributed by atoms with E-state index in [0.29, 0.717) is 12.2 Å². The van der Waals surface area contributed by atoms with Crippen LogP contribution in [0.25, 0.3) is 5.57 Å². The maximum atomic E-state index is 12.6. The average molecular weight is 328 g/mol. The number of fused-ring (bicyclic) bond motifs is 1. The van der Waals surface area contributed by atoms with Crippen LogP contribution in [0.4, 0.5) is 0 Å². The summed E-state index contributed by atoms with van der Waals surface area (Å²) in [6.07, 6.45) is 7.06. The highest BCUT2D eigenvalue weighted by molar-refractivity contribution is 6.20. The molecule has 1 atom stereocenters. The Labute approximate surface area is 142 Å². The Hall–Kier alpha value is -1.81. The van der Waals surface area contributed by atoms with Gasteiger partial charge in [-0.05, 0) is 42.4 Å². The van der Waals surface area contributed by atoms with Crippen LogP contribution in [-0.4, -0.2) is 25.5 Å². The first kappa shape index (κ1) is 15.7. The average Bonchev–Trinajstić information content (AvgIpc) is 2.86. The molecule has 128 valence electrons. The van der Waals surface area contributed by atoms with E-state index < -0.39 is 5.79 Å². The highest BCUT2D eigenvalue weighted by Crippen LogP contribution is 2.53. The van der Waals surface area contributed by atoms with Crippen LogP contribution in [0.15, 0.2) is 29.8 Å². The number of hydrogen-bond acceptors (Lipinski definition) is 4. The first-order valence-corrected chi connectivity index (χ1v) is 8.81. The van der Waals surface area contributed by atoms with E-state index in [1.54, 1.807) is 7.11 Å². The Morgan fingerprint density at radius 3 is 2.46 bits per heavy atom. The number of esters is 1. The summed E-state index contributed by atoms with van der Waals surface area (Å²) < 4.78 is 17.0. The summed E-state index contributed by atoms with van der Waals surface area (Å²) in [6, 6.07) is 7.62. The molecule has 1 aliphatic carbocycles. The molecule has 24 heavy (non-hydrogen) atoms. The van der Waals surface area contributed by atoms with Gasteiger partial charge in [-0.1, -0.05) is 31.4 Å². The number of carbonyl (C=O) groups excluding carboxylic acids is 1. The summed E-state index contributed by atoms with van der Waals surface area (Å²) in [6.45, 7) is 2.57. The lowest BCUT2D eigenvalue weighted by atomic mass is 9.68. The van der Waals surface area contributed by atoms with Gasteiger partial charge in [0.05, 0.1) is 19.3 Å². The molecule has 1 saturated heterocycles. The zero-order valence-electron chi connectivity index (χ0n) is 14.4. The van der Waals surface area contributed by atoms with Crippen molar-refractivity contribution in [1.82, 2.24) is 0 Å². The van der Waals surface area contributed by atoms with Gasteiger partial charge >= 0.3 is 5.97 Å². The van der Waals surface area contributed by atoms with Crippen LogP contribution in [0.1, 0.15) is 51.0 Å². The minimum atomic E-state index is -0.894. The fraction of sp³-hybridized carbons (Fsp3) is 0.550. The largest absolute Gasteiger partial charge is 0.497 e. The molecule has 3 aliphatic rings. The predicted octanol–water partition coefficient (Wildman–Crippen LogP) is 4.09. The highest BCUT2D eigenvalue weighted by atomic mass is 16.7. The fourth-order valence-electron chi connectivity index (χ4n) is 4.39. The molecule has 0 N–H and O–H groups in total. The first-order valence-electron chi connectivity index (χ1n) is 8.81. The topological polar surface area (TPSA) is 44.8 Å². The van der Waals surface area contributed by atoms with Gasteiger partial charge in [0, 0.05) is 12.5 Å². The molecule has 1 aromatic carbocycles. The van der Waals surface area contributed by atoms with Crippen molar-refractivity contribution in [3.63, 3.8) is 0 Å². The highest BCUT2D eigenvalue weighted by Gasteiger charge is 2.53. The van der Waals surface area contributed by atoms with Gasteiger partial charge in [-0.25, -0.2) is 4.79 Å². The normalized spacial score (nSPS) is 28.7. The molecule has 2 aliphatic heterocycles. The summed E-state index contributed by atoms with van der Waals surface area (Å²) in [7, 11) is 1.64. The van der Waals surface area contributed by atoms with Gasteiger partial charge in [0.1, 0.15) is 5.75 Å². The van der Waals surface area contributed by atoms with E-state index in [4.69, 9.17) is 14.2 Å². The van der Waals surface area contributed by atoms with Crippen molar-refractivity contribution in [3.8, 4) is 5.75 Å².